The minimum atomic E-state index is -0.524. The summed E-state index contributed by atoms with van der Waals surface area (Å²) in [6.07, 6.45) is -0.0660. The summed E-state index contributed by atoms with van der Waals surface area (Å²) < 4.78 is 21.0. The van der Waals surface area contributed by atoms with Gasteiger partial charge < -0.3 is 23.9 Å². The molecule has 1 amide bonds. The lowest BCUT2D eigenvalue weighted by molar-refractivity contribution is -0.120. The molecular weight excluding hydrogens is 374 g/mol. The Morgan fingerprint density at radius 3 is 2.45 bits per heavy atom. The second-order valence-corrected chi connectivity index (χ2v) is 6.50. The van der Waals surface area contributed by atoms with Crippen LogP contribution in [0.1, 0.15) is 16.7 Å². The molecule has 0 bridgehead atoms. The summed E-state index contributed by atoms with van der Waals surface area (Å²) in [7, 11) is 4.66. The fraction of sp³-hybridized carbons (Fsp3) is 0.273. The van der Waals surface area contributed by atoms with Crippen molar-refractivity contribution in [1.29, 1.82) is 0 Å². The first kappa shape index (κ1) is 20.3. The van der Waals surface area contributed by atoms with E-state index in [1.807, 2.05) is 19.1 Å². The lowest BCUT2D eigenvalue weighted by atomic mass is 10.0. The predicted octanol–water partition coefficient (Wildman–Crippen LogP) is 2.99. The highest BCUT2D eigenvalue weighted by molar-refractivity contribution is 5.85. The van der Waals surface area contributed by atoms with Crippen molar-refractivity contribution < 1.29 is 23.4 Å². The molecule has 0 aliphatic rings. The molecule has 0 radical (unpaired) electrons. The van der Waals surface area contributed by atoms with Gasteiger partial charge in [-0.05, 0) is 42.3 Å². The lowest BCUT2D eigenvalue weighted by Gasteiger charge is -2.11. The van der Waals surface area contributed by atoms with Gasteiger partial charge >= 0.3 is 5.63 Å². The smallest absolute Gasteiger partial charge is 0.340 e. The van der Waals surface area contributed by atoms with Gasteiger partial charge in [-0.3, -0.25) is 4.79 Å². The van der Waals surface area contributed by atoms with Gasteiger partial charge in [-0.1, -0.05) is 6.07 Å². The van der Waals surface area contributed by atoms with Gasteiger partial charge in [-0.25, -0.2) is 4.79 Å². The number of rotatable bonds is 7. The first-order valence-corrected chi connectivity index (χ1v) is 9.04. The van der Waals surface area contributed by atoms with Gasteiger partial charge in [0.05, 0.1) is 33.3 Å². The highest BCUT2D eigenvalue weighted by Crippen LogP contribution is 2.27. The van der Waals surface area contributed by atoms with E-state index < -0.39 is 5.63 Å². The molecule has 0 saturated heterocycles. The zero-order valence-corrected chi connectivity index (χ0v) is 16.8. The zero-order valence-electron chi connectivity index (χ0n) is 16.8. The standard InChI is InChI=1S/C22H23NO6/c1-13-16-7-6-15(26-2)10-19(16)29-22(25)17(13)11-21(24)23-12-14-5-8-18(27-3)20(9-14)28-4/h5-10H,11-12H2,1-4H3,(H,23,24). The second-order valence-electron chi connectivity index (χ2n) is 6.50. The fourth-order valence-corrected chi connectivity index (χ4v) is 3.12. The number of methoxy groups -OCH3 is 3. The number of carbonyl (C=O) groups is 1. The Labute approximate surface area is 168 Å². The molecule has 29 heavy (non-hydrogen) atoms. The SMILES string of the molecule is COc1ccc2c(C)c(CC(=O)NCc3ccc(OC)c(OC)c3)c(=O)oc2c1. The first-order valence-electron chi connectivity index (χ1n) is 9.04. The van der Waals surface area contributed by atoms with Crippen molar-refractivity contribution in [2.75, 3.05) is 21.3 Å². The third-order valence-electron chi connectivity index (χ3n) is 4.77. The molecule has 0 unspecified atom stereocenters. The number of benzene rings is 2. The van der Waals surface area contributed by atoms with Crippen molar-refractivity contribution >= 4 is 16.9 Å². The maximum atomic E-state index is 12.4. The van der Waals surface area contributed by atoms with Crippen LogP contribution in [0.15, 0.2) is 45.6 Å². The summed E-state index contributed by atoms with van der Waals surface area (Å²) in [6.45, 7) is 2.11. The second kappa shape index (κ2) is 8.68. The zero-order chi connectivity index (χ0) is 21.0. The van der Waals surface area contributed by atoms with E-state index in [9.17, 15) is 9.59 Å². The van der Waals surface area contributed by atoms with Crippen LogP contribution >= 0.6 is 0 Å². The van der Waals surface area contributed by atoms with Gasteiger partial charge in [0, 0.05) is 18.0 Å². The van der Waals surface area contributed by atoms with E-state index in [0.29, 0.717) is 34.9 Å². The Kier molecular flexibility index (Phi) is 6.07. The number of ether oxygens (including phenoxy) is 3. The average molecular weight is 397 g/mol. The molecular formula is C22H23NO6. The molecule has 7 heteroatoms. The first-order chi connectivity index (χ1) is 14.0. The van der Waals surface area contributed by atoms with Gasteiger partial charge in [0.15, 0.2) is 11.5 Å². The van der Waals surface area contributed by atoms with E-state index in [1.165, 1.54) is 0 Å². The number of fused-ring (bicyclic) bond motifs is 1. The van der Waals surface area contributed by atoms with Crippen LogP contribution in [0.25, 0.3) is 11.0 Å². The van der Waals surface area contributed by atoms with Crippen molar-refractivity contribution in [3.05, 3.63) is 63.5 Å². The van der Waals surface area contributed by atoms with Crippen molar-refractivity contribution in [1.82, 2.24) is 5.32 Å². The molecule has 1 aromatic heterocycles. The van der Waals surface area contributed by atoms with Crippen LogP contribution in [0.4, 0.5) is 0 Å². The monoisotopic (exact) mass is 397 g/mol. The number of hydrogen-bond donors (Lipinski definition) is 1. The maximum absolute atomic E-state index is 12.4. The molecule has 0 aliphatic carbocycles. The summed E-state index contributed by atoms with van der Waals surface area (Å²) in [5.74, 6) is 1.52. The van der Waals surface area contributed by atoms with Crippen LogP contribution in [-0.4, -0.2) is 27.2 Å². The van der Waals surface area contributed by atoms with E-state index in [4.69, 9.17) is 18.6 Å². The average Bonchev–Trinajstić information content (AvgIpc) is 2.74. The van der Waals surface area contributed by atoms with Gasteiger partial charge in [-0.2, -0.15) is 0 Å². The molecule has 7 nitrogen and oxygen atoms in total. The number of nitrogens with one attached hydrogen (secondary N) is 1. The van der Waals surface area contributed by atoms with Crippen LogP contribution in [0, 0.1) is 6.92 Å². The normalized spacial score (nSPS) is 10.6. The number of aryl methyl sites for hydroxylation is 1. The highest BCUT2D eigenvalue weighted by Gasteiger charge is 2.15. The fourth-order valence-electron chi connectivity index (χ4n) is 3.12. The van der Waals surface area contributed by atoms with Gasteiger partial charge in [0.25, 0.3) is 0 Å². The summed E-state index contributed by atoms with van der Waals surface area (Å²) in [6, 6.07) is 10.7. The van der Waals surface area contributed by atoms with Crippen LogP contribution in [0.2, 0.25) is 0 Å². The molecule has 1 N–H and O–H groups in total. The molecule has 0 atom stereocenters. The Hall–Kier alpha value is -3.48. The van der Waals surface area contributed by atoms with E-state index in [-0.39, 0.29) is 12.3 Å². The number of hydrogen-bond acceptors (Lipinski definition) is 6. The molecule has 3 rings (SSSR count). The Balaban J connectivity index is 1.75. The van der Waals surface area contributed by atoms with Crippen LogP contribution in [-0.2, 0) is 17.8 Å². The third kappa shape index (κ3) is 4.34. The van der Waals surface area contributed by atoms with Crippen molar-refractivity contribution in [2.45, 2.75) is 19.9 Å². The number of carbonyl (C=O) groups excluding carboxylic acids is 1. The van der Waals surface area contributed by atoms with E-state index in [1.54, 1.807) is 45.6 Å². The summed E-state index contributed by atoms with van der Waals surface area (Å²) >= 11 is 0. The minimum Gasteiger partial charge on any atom is -0.497 e. The minimum absolute atomic E-state index is 0.0660. The summed E-state index contributed by atoms with van der Waals surface area (Å²) in [5, 5.41) is 3.59. The molecule has 0 fully saturated rings. The predicted molar refractivity (Wildman–Crippen MR) is 109 cm³/mol. The molecule has 0 saturated carbocycles. The lowest BCUT2D eigenvalue weighted by Crippen LogP contribution is -2.27. The van der Waals surface area contributed by atoms with Gasteiger partial charge in [0.2, 0.25) is 5.91 Å². The van der Waals surface area contributed by atoms with Gasteiger partial charge in [-0.15, -0.1) is 0 Å². The van der Waals surface area contributed by atoms with E-state index >= 15 is 0 Å². The van der Waals surface area contributed by atoms with Crippen LogP contribution < -0.4 is 25.2 Å². The van der Waals surface area contributed by atoms with E-state index in [0.717, 1.165) is 16.5 Å². The Morgan fingerprint density at radius 2 is 1.76 bits per heavy atom. The topological polar surface area (TPSA) is 87.0 Å². The largest absolute Gasteiger partial charge is 0.497 e. The quantitative estimate of drug-likeness (QED) is 0.617. The number of amides is 1. The third-order valence-corrected chi connectivity index (χ3v) is 4.77. The highest BCUT2D eigenvalue weighted by atomic mass is 16.5. The molecule has 0 spiro atoms. The molecule has 0 aliphatic heterocycles. The van der Waals surface area contributed by atoms with Crippen molar-refractivity contribution in [3.8, 4) is 17.2 Å². The van der Waals surface area contributed by atoms with Crippen LogP contribution in [0.3, 0.4) is 0 Å². The van der Waals surface area contributed by atoms with Crippen molar-refractivity contribution in [3.63, 3.8) is 0 Å². The summed E-state index contributed by atoms with van der Waals surface area (Å²) in [5.41, 5.74) is 1.82. The molecule has 1 heterocycles. The Morgan fingerprint density at radius 1 is 1.00 bits per heavy atom. The Bertz CT molecular complexity index is 1100. The molecule has 152 valence electrons. The van der Waals surface area contributed by atoms with Gasteiger partial charge in [0.1, 0.15) is 11.3 Å². The van der Waals surface area contributed by atoms with Crippen molar-refractivity contribution in [2.24, 2.45) is 0 Å². The maximum Gasteiger partial charge on any atom is 0.340 e. The van der Waals surface area contributed by atoms with Crippen LogP contribution in [0.5, 0.6) is 17.2 Å². The molecule has 3 aromatic rings. The van der Waals surface area contributed by atoms with E-state index in [2.05, 4.69) is 5.32 Å². The summed E-state index contributed by atoms with van der Waals surface area (Å²) in [4.78, 5) is 24.8. The molecule has 2 aromatic carbocycles.